The van der Waals surface area contributed by atoms with Crippen LogP contribution >= 0.6 is 0 Å². The fraction of sp³-hybridized carbons (Fsp3) is 0.600. The van der Waals surface area contributed by atoms with Gasteiger partial charge in [-0.05, 0) is 42.7 Å². The van der Waals surface area contributed by atoms with Crippen LogP contribution in [0.25, 0.3) is 0 Å². The van der Waals surface area contributed by atoms with Crippen molar-refractivity contribution < 1.29 is 4.74 Å². The molecule has 0 amide bonds. The summed E-state index contributed by atoms with van der Waals surface area (Å²) < 4.78 is 5.41. The number of para-hydroxylation sites is 1. The van der Waals surface area contributed by atoms with E-state index in [9.17, 15) is 0 Å². The Morgan fingerprint density at radius 2 is 1.81 bits per heavy atom. The van der Waals surface area contributed by atoms with Crippen molar-refractivity contribution in [3.8, 4) is 5.75 Å². The molecule has 0 spiro atoms. The fourth-order valence-corrected chi connectivity index (χ4v) is 2.72. The van der Waals surface area contributed by atoms with E-state index in [1.54, 1.807) is 7.11 Å². The molecule has 88 valence electrons. The van der Waals surface area contributed by atoms with Gasteiger partial charge in [0, 0.05) is 0 Å². The maximum atomic E-state index is 5.41. The van der Waals surface area contributed by atoms with Crippen molar-refractivity contribution in [2.45, 2.75) is 39.0 Å². The Hall–Kier alpha value is -0.980. The summed E-state index contributed by atoms with van der Waals surface area (Å²) in [6, 6.07) is 8.44. The minimum Gasteiger partial charge on any atom is -0.496 e. The molecule has 0 aromatic heterocycles. The summed E-state index contributed by atoms with van der Waals surface area (Å²) in [5.41, 5.74) is 1.38. The summed E-state index contributed by atoms with van der Waals surface area (Å²) in [4.78, 5) is 0. The zero-order valence-corrected chi connectivity index (χ0v) is 10.4. The summed E-state index contributed by atoms with van der Waals surface area (Å²) in [6.07, 6.45) is 6.77. The minimum atomic E-state index is 0.868. The molecule has 1 nitrogen and oxygen atoms in total. The molecule has 1 aromatic rings. The molecule has 0 heterocycles. The molecule has 1 saturated carbocycles. The van der Waals surface area contributed by atoms with E-state index >= 15 is 0 Å². The Labute approximate surface area is 98.8 Å². The molecule has 0 atom stereocenters. The quantitative estimate of drug-likeness (QED) is 0.743. The molecule has 1 aromatic carbocycles. The van der Waals surface area contributed by atoms with Crippen molar-refractivity contribution in [1.29, 1.82) is 0 Å². The van der Waals surface area contributed by atoms with Crippen LogP contribution in [0.2, 0.25) is 0 Å². The van der Waals surface area contributed by atoms with Gasteiger partial charge in [-0.15, -0.1) is 0 Å². The van der Waals surface area contributed by atoms with E-state index in [-0.39, 0.29) is 0 Å². The van der Waals surface area contributed by atoms with Gasteiger partial charge in [0.2, 0.25) is 0 Å². The van der Waals surface area contributed by atoms with Crippen LogP contribution in [0, 0.1) is 11.8 Å². The number of hydrogen-bond donors (Lipinski definition) is 0. The second-order valence-corrected chi connectivity index (χ2v) is 5.14. The number of methoxy groups -OCH3 is 1. The molecular formula is C15H22O. The van der Waals surface area contributed by atoms with Crippen LogP contribution < -0.4 is 4.74 Å². The highest BCUT2D eigenvalue weighted by Crippen LogP contribution is 2.32. The third-order valence-corrected chi connectivity index (χ3v) is 3.84. The largest absolute Gasteiger partial charge is 0.496 e. The van der Waals surface area contributed by atoms with E-state index in [2.05, 4.69) is 25.1 Å². The van der Waals surface area contributed by atoms with Gasteiger partial charge in [0.05, 0.1) is 7.11 Å². The highest BCUT2D eigenvalue weighted by atomic mass is 16.5. The lowest BCUT2D eigenvalue weighted by Crippen LogP contribution is -2.14. The van der Waals surface area contributed by atoms with Crippen molar-refractivity contribution in [2.75, 3.05) is 7.11 Å². The number of rotatable bonds is 3. The van der Waals surface area contributed by atoms with Gasteiger partial charge >= 0.3 is 0 Å². The minimum absolute atomic E-state index is 0.868. The van der Waals surface area contributed by atoms with Gasteiger partial charge < -0.3 is 4.74 Å². The summed E-state index contributed by atoms with van der Waals surface area (Å²) in [6.45, 7) is 2.37. The van der Waals surface area contributed by atoms with E-state index in [4.69, 9.17) is 4.74 Å². The standard InChI is InChI=1S/C15H22O/c1-12-7-9-13(10-8-12)11-14-5-3-4-6-15(14)16-2/h3-6,12-13H,7-11H2,1-2H3. The molecule has 1 aliphatic carbocycles. The van der Waals surface area contributed by atoms with Crippen molar-refractivity contribution in [2.24, 2.45) is 11.8 Å². The number of hydrogen-bond acceptors (Lipinski definition) is 1. The smallest absolute Gasteiger partial charge is 0.122 e. The Balaban J connectivity index is 1.98. The van der Waals surface area contributed by atoms with Crippen LogP contribution in [0.1, 0.15) is 38.2 Å². The Morgan fingerprint density at radius 3 is 2.50 bits per heavy atom. The van der Waals surface area contributed by atoms with Gasteiger partial charge in [-0.3, -0.25) is 0 Å². The van der Waals surface area contributed by atoms with Crippen LogP contribution in [0.3, 0.4) is 0 Å². The number of ether oxygens (including phenoxy) is 1. The average molecular weight is 218 g/mol. The zero-order chi connectivity index (χ0) is 11.4. The molecule has 0 aliphatic heterocycles. The highest BCUT2D eigenvalue weighted by Gasteiger charge is 2.19. The van der Waals surface area contributed by atoms with E-state index in [1.165, 1.54) is 37.7 Å². The third-order valence-electron chi connectivity index (χ3n) is 3.84. The van der Waals surface area contributed by atoms with Gasteiger partial charge in [0.15, 0.2) is 0 Å². The van der Waals surface area contributed by atoms with Gasteiger partial charge in [0.1, 0.15) is 5.75 Å². The van der Waals surface area contributed by atoms with Gasteiger partial charge in [-0.1, -0.05) is 38.0 Å². The molecule has 1 heteroatoms. The van der Waals surface area contributed by atoms with E-state index < -0.39 is 0 Å². The van der Waals surface area contributed by atoms with E-state index in [1.807, 2.05) is 6.07 Å². The Kier molecular flexibility index (Phi) is 3.87. The van der Waals surface area contributed by atoms with Crippen molar-refractivity contribution >= 4 is 0 Å². The van der Waals surface area contributed by atoms with Gasteiger partial charge in [-0.25, -0.2) is 0 Å². The first-order chi connectivity index (χ1) is 7.79. The van der Waals surface area contributed by atoms with Crippen LogP contribution in [0.5, 0.6) is 5.75 Å². The van der Waals surface area contributed by atoms with E-state index in [0.717, 1.165) is 17.6 Å². The molecule has 2 rings (SSSR count). The predicted molar refractivity (Wildman–Crippen MR) is 67.8 cm³/mol. The summed E-state index contributed by atoms with van der Waals surface area (Å²) in [7, 11) is 1.77. The summed E-state index contributed by atoms with van der Waals surface area (Å²) in [5, 5.41) is 0. The molecule has 16 heavy (non-hydrogen) atoms. The van der Waals surface area contributed by atoms with Crippen LogP contribution in [-0.2, 0) is 6.42 Å². The van der Waals surface area contributed by atoms with Crippen LogP contribution in [0.15, 0.2) is 24.3 Å². The van der Waals surface area contributed by atoms with Crippen molar-refractivity contribution in [3.05, 3.63) is 29.8 Å². The first-order valence-corrected chi connectivity index (χ1v) is 6.41. The van der Waals surface area contributed by atoms with Gasteiger partial charge in [0.25, 0.3) is 0 Å². The first-order valence-electron chi connectivity index (χ1n) is 6.41. The number of benzene rings is 1. The Morgan fingerprint density at radius 1 is 1.12 bits per heavy atom. The molecule has 0 saturated heterocycles. The lowest BCUT2D eigenvalue weighted by atomic mass is 9.80. The second kappa shape index (κ2) is 5.38. The maximum absolute atomic E-state index is 5.41. The summed E-state index contributed by atoms with van der Waals surface area (Å²) in [5.74, 6) is 2.86. The zero-order valence-electron chi connectivity index (χ0n) is 10.4. The lowest BCUT2D eigenvalue weighted by Gasteiger charge is -2.26. The lowest BCUT2D eigenvalue weighted by molar-refractivity contribution is 0.286. The third kappa shape index (κ3) is 2.78. The average Bonchev–Trinajstić information content (AvgIpc) is 2.33. The van der Waals surface area contributed by atoms with Crippen molar-refractivity contribution in [3.63, 3.8) is 0 Å². The topological polar surface area (TPSA) is 9.23 Å². The monoisotopic (exact) mass is 218 g/mol. The second-order valence-electron chi connectivity index (χ2n) is 5.14. The molecule has 0 radical (unpaired) electrons. The highest BCUT2D eigenvalue weighted by molar-refractivity contribution is 5.33. The van der Waals surface area contributed by atoms with Crippen molar-refractivity contribution in [1.82, 2.24) is 0 Å². The molecule has 0 bridgehead atoms. The van der Waals surface area contributed by atoms with E-state index in [0.29, 0.717) is 0 Å². The predicted octanol–water partition coefficient (Wildman–Crippen LogP) is 4.06. The molecular weight excluding hydrogens is 196 g/mol. The Bertz CT molecular complexity index is 324. The van der Waals surface area contributed by atoms with Crippen LogP contribution in [0.4, 0.5) is 0 Å². The normalized spacial score (nSPS) is 25.4. The maximum Gasteiger partial charge on any atom is 0.122 e. The summed E-state index contributed by atoms with van der Waals surface area (Å²) >= 11 is 0. The fourth-order valence-electron chi connectivity index (χ4n) is 2.72. The molecule has 1 aliphatic rings. The molecule has 0 N–H and O–H groups in total. The SMILES string of the molecule is COc1ccccc1CC1CCC(C)CC1. The van der Waals surface area contributed by atoms with Gasteiger partial charge in [-0.2, -0.15) is 0 Å². The molecule has 0 unspecified atom stereocenters. The molecule has 1 fully saturated rings. The van der Waals surface area contributed by atoms with Crippen LogP contribution in [-0.4, -0.2) is 7.11 Å². The first kappa shape index (κ1) is 11.5.